The molecule has 1 N–H and O–H groups in total. The van der Waals surface area contributed by atoms with Crippen molar-refractivity contribution in [2.45, 2.75) is 43.8 Å². The van der Waals surface area contributed by atoms with Gasteiger partial charge in [-0.25, -0.2) is 9.18 Å². The second-order valence-electron chi connectivity index (χ2n) is 8.13. The largest absolute Gasteiger partial charge is 0.497 e. The molecular formula is C23H22F3NO5. The molecule has 0 spiro atoms. The minimum atomic E-state index is -3.63. The summed E-state index contributed by atoms with van der Waals surface area (Å²) >= 11 is 0. The molecule has 4 rings (SSSR count). The molecule has 2 aliphatic rings. The lowest BCUT2D eigenvalue weighted by molar-refractivity contribution is -0.172. The number of carboxylic acids is 1. The molecule has 0 radical (unpaired) electrons. The van der Waals surface area contributed by atoms with Gasteiger partial charge in [-0.2, -0.15) is 8.78 Å². The molecule has 1 aliphatic carbocycles. The summed E-state index contributed by atoms with van der Waals surface area (Å²) < 4.78 is 54.1. The van der Waals surface area contributed by atoms with Gasteiger partial charge in [-0.05, 0) is 48.1 Å². The molecule has 1 atom stereocenters. The third-order valence-corrected chi connectivity index (χ3v) is 5.68. The third-order valence-electron chi connectivity index (χ3n) is 5.68. The van der Waals surface area contributed by atoms with E-state index in [1.54, 1.807) is 24.3 Å². The molecule has 1 heterocycles. The smallest absolute Gasteiger partial charge is 0.338 e. The second-order valence-corrected chi connectivity index (χ2v) is 8.13. The zero-order chi connectivity index (χ0) is 23.0. The maximum Gasteiger partial charge on any atom is 0.338 e. The SMILES string of the molecule is COc1ccc(CN2CC(Oc3cc(F)c(C(=O)O)cc3C3CC3)CC(F)(F)C2=O)cc1. The highest BCUT2D eigenvalue weighted by molar-refractivity contribution is 5.88. The Morgan fingerprint density at radius 1 is 1.22 bits per heavy atom. The van der Waals surface area contributed by atoms with Crippen LogP contribution in [0.2, 0.25) is 0 Å². The van der Waals surface area contributed by atoms with E-state index in [0.29, 0.717) is 16.9 Å². The van der Waals surface area contributed by atoms with E-state index in [9.17, 15) is 27.9 Å². The van der Waals surface area contributed by atoms with Gasteiger partial charge in [0, 0.05) is 12.6 Å². The number of rotatable bonds is 7. The van der Waals surface area contributed by atoms with Crippen LogP contribution in [0.15, 0.2) is 36.4 Å². The Hall–Kier alpha value is -3.23. The first kappa shape index (κ1) is 22.0. The van der Waals surface area contributed by atoms with Crippen LogP contribution in [-0.2, 0) is 11.3 Å². The van der Waals surface area contributed by atoms with Gasteiger partial charge in [0.25, 0.3) is 5.91 Å². The van der Waals surface area contributed by atoms with Crippen LogP contribution in [0.25, 0.3) is 0 Å². The first-order valence-electron chi connectivity index (χ1n) is 10.2. The van der Waals surface area contributed by atoms with Gasteiger partial charge >= 0.3 is 11.9 Å². The number of hydrogen-bond acceptors (Lipinski definition) is 4. The van der Waals surface area contributed by atoms with Crippen molar-refractivity contribution in [1.29, 1.82) is 0 Å². The maximum absolute atomic E-state index is 14.5. The topological polar surface area (TPSA) is 76.1 Å². The normalized spacial score (nSPS) is 20.2. The van der Waals surface area contributed by atoms with Gasteiger partial charge in [0.15, 0.2) is 0 Å². The van der Waals surface area contributed by atoms with Crippen LogP contribution in [0.4, 0.5) is 13.2 Å². The summed E-state index contributed by atoms with van der Waals surface area (Å²) in [6, 6.07) is 8.86. The van der Waals surface area contributed by atoms with Crippen molar-refractivity contribution in [2.75, 3.05) is 13.7 Å². The van der Waals surface area contributed by atoms with E-state index in [1.165, 1.54) is 13.2 Å². The lowest BCUT2D eigenvalue weighted by Crippen LogP contribution is -2.55. The van der Waals surface area contributed by atoms with Gasteiger partial charge in [-0.15, -0.1) is 0 Å². The Labute approximate surface area is 182 Å². The zero-order valence-electron chi connectivity index (χ0n) is 17.3. The number of halogens is 3. The van der Waals surface area contributed by atoms with E-state index in [0.717, 1.165) is 23.8 Å². The number of ether oxygens (including phenoxy) is 2. The van der Waals surface area contributed by atoms with Crippen LogP contribution >= 0.6 is 0 Å². The van der Waals surface area contributed by atoms with Gasteiger partial charge in [-0.1, -0.05) is 12.1 Å². The lowest BCUT2D eigenvalue weighted by atomic mass is 10.0. The van der Waals surface area contributed by atoms with Crippen molar-refractivity contribution < 1.29 is 37.3 Å². The number of benzene rings is 2. The number of piperidine rings is 1. The van der Waals surface area contributed by atoms with Crippen LogP contribution in [0.1, 0.15) is 46.7 Å². The molecular weight excluding hydrogens is 427 g/mol. The number of aromatic carboxylic acids is 1. The quantitative estimate of drug-likeness (QED) is 0.685. The van der Waals surface area contributed by atoms with E-state index in [1.807, 2.05) is 0 Å². The molecule has 1 aliphatic heterocycles. The van der Waals surface area contributed by atoms with E-state index in [2.05, 4.69) is 0 Å². The number of amides is 1. The Kier molecular flexibility index (Phi) is 5.75. The van der Waals surface area contributed by atoms with Crippen molar-refractivity contribution in [2.24, 2.45) is 0 Å². The monoisotopic (exact) mass is 449 g/mol. The molecule has 1 saturated carbocycles. The summed E-state index contributed by atoms with van der Waals surface area (Å²) in [6.07, 6.45) is -0.348. The van der Waals surface area contributed by atoms with Crippen molar-refractivity contribution in [1.82, 2.24) is 4.90 Å². The van der Waals surface area contributed by atoms with Crippen molar-refractivity contribution in [3.8, 4) is 11.5 Å². The highest BCUT2D eigenvalue weighted by atomic mass is 19.3. The van der Waals surface area contributed by atoms with E-state index in [-0.39, 0.29) is 24.8 Å². The first-order valence-corrected chi connectivity index (χ1v) is 10.2. The summed E-state index contributed by atoms with van der Waals surface area (Å²) in [5.74, 6) is -6.66. The van der Waals surface area contributed by atoms with Crippen molar-refractivity contribution in [3.63, 3.8) is 0 Å². The number of carbonyl (C=O) groups excluding carboxylic acids is 1. The fourth-order valence-corrected chi connectivity index (χ4v) is 3.90. The molecule has 1 amide bonds. The van der Waals surface area contributed by atoms with Gasteiger partial charge in [-0.3, -0.25) is 4.79 Å². The van der Waals surface area contributed by atoms with Gasteiger partial charge in [0.1, 0.15) is 23.4 Å². The number of hydrogen-bond donors (Lipinski definition) is 1. The average molecular weight is 449 g/mol. The number of alkyl halides is 2. The number of methoxy groups -OCH3 is 1. The molecule has 32 heavy (non-hydrogen) atoms. The van der Waals surface area contributed by atoms with Crippen LogP contribution < -0.4 is 9.47 Å². The lowest BCUT2D eigenvalue weighted by Gasteiger charge is -2.37. The Balaban J connectivity index is 1.56. The number of nitrogens with zero attached hydrogens (tertiary/aromatic N) is 1. The number of likely N-dealkylation sites (tertiary alicyclic amines) is 1. The Morgan fingerprint density at radius 3 is 2.50 bits per heavy atom. The number of carbonyl (C=O) groups is 2. The van der Waals surface area contributed by atoms with Crippen LogP contribution in [0, 0.1) is 5.82 Å². The molecule has 1 unspecified atom stereocenters. The molecule has 6 nitrogen and oxygen atoms in total. The summed E-state index contributed by atoms with van der Waals surface area (Å²) in [6.45, 7) is -0.146. The van der Waals surface area contributed by atoms with Crippen molar-refractivity contribution >= 4 is 11.9 Å². The fourth-order valence-electron chi connectivity index (χ4n) is 3.90. The summed E-state index contributed by atoms with van der Waals surface area (Å²) in [4.78, 5) is 24.6. The molecule has 2 aromatic rings. The highest BCUT2D eigenvalue weighted by Crippen LogP contribution is 2.46. The van der Waals surface area contributed by atoms with Gasteiger partial charge < -0.3 is 19.5 Å². The predicted molar refractivity (Wildman–Crippen MR) is 108 cm³/mol. The third kappa shape index (κ3) is 4.51. The van der Waals surface area contributed by atoms with Crippen LogP contribution in [0.3, 0.4) is 0 Å². The van der Waals surface area contributed by atoms with E-state index in [4.69, 9.17) is 9.47 Å². The second kappa shape index (κ2) is 8.37. The molecule has 0 bridgehead atoms. The van der Waals surface area contributed by atoms with Crippen LogP contribution in [0.5, 0.6) is 11.5 Å². The average Bonchev–Trinajstić information content (AvgIpc) is 3.57. The number of carboxylic acid groups (broad SMARTS) is 1. The minimum absolute atomic E-state index is 0.00448. The maximum atomic E-state index is 14.5. The molecule has 0 aromatic heterocycles. The predicted octanol–water partition coefficient (Wildman–Crippen LogP) is 4.23. The van der Waals surface area contributed by atoms with Crippen molar-refractivity contribution in [3.05, 3.63) is 58.9 Å². The molecule has 9 heteroatoms. The molecule has 2 fully saturated rings. The highest BCUT2D eigenvalue weighted by Gasteiger charge is 2.49. The molecule has 1 saturated heterocycles. The zero-order valence-corrected chi connectivity index (χ0v) is 17.3. The van der Waals surface area contributed by atoms with E-state index >= 15 is 0 Å². The summed E-state index contributed by atoms with van der Waals surface area (Å²) in [5.41, 5.74) is 0.654. The molecule has 2 aromatic carbocycles. The fraction of sp³-hybridized carbons (Fsp3) is 0.391. The summed E-state index contributed by atoms with van der Waals surface area (Å²) in [7, 11) is 1.51. The van der Waals surface area contributed by atoms with E-state index < -0.39 is 41.7 Å². The molecule has 170 valence electrons. The minimum Gasteiger partial charge on any atom is -0.497 e. The first-order chi connectivity index (χ1) is 15.2. The Morgan fingerprint density at radius 2 is 1.91 bits per heavy atom. The van der Waals surface area contributed by atoms with Crippen LogP contribution in [-0.4, -0.2) is 47.6 Å². The standard InChI is InChI=1S/C23H22F3NO5/c1-31-15-6-2-13(3-7-15)11-27-12-16(10-23(25,26)22(27)30)32-20-9-19(24)18(21(28)29)8-17(20)14-4-5-14/h2-3,6-9,14,16H,4-5,10-12H2,1H3,(H,28,29). The Bertz CT molecular complexity index is 1040. The summed E-state index contributed by atoms with van der Waals surface area (Å²) in [5, 5.41) is 9.18. The van der Waals surface area contributed by atoms with Gasteiger partial charge in [0.05, 0.1) is 25.6 Å². The van der Waals surface area contributed by atoms with Gasteiger partial charge in [0.2, 0.25) is 0 Å².